The fourth-order valence-electron chi connectivity index (χ4n) is 4.99. The van der Waals surface area contributed by atoms with Gasteiger partial charge < -0.3 is 15.3 Å². The molecule has 0 aliphatic carbocycles. The number of para-hydroxylation sites is 2. The van der Waals surface area contributed by atoms with Crippen LogP contribution < -0.4 is 11.3 Å². The van der Waals surface area contributed by atoms with Crippen LogP contribution in [-0.2, 0) is 13.0 Å². The predicted octanol–water partition coefficient (Wildman–Crippen LogP) is 3.43. The monoisotopic (exact) mass is 449 g/mol. The van der Waals surface area contributed by atoms with Crippen LogP contribution >= 0.6 is 0 Å². The van der Waals surface area contributed by atoms with Gasteiger partial charge in [0.15, 0.2) is 0 Å². The number of aromatic amines is 1. The average molecular weight is 450 g/mol. The van der Waals surface area contributed by atoms with E-state index in [0.717, 1.165) is 36.8 Å². The molecule has 3 aromatic rings. The number of nitrogens with two attached hydrogens (primary N) is 1. The van der Waals surface area contributed by atoms with Crippen LogP contribution in [0.25, 0.3) is 11.0 Å². The number of H-pyrrole nitrogens is 1. The lowest BCUT2D eigenvalue weighted by atomic mass is 9.97. The van der Waals surface area contributed by atoms with Crippen LogP contribution in [0.1, 0.15) is 69.6 Å². The van der Waals surface area contributed by atoms with E-state index in [1.54, 1.807) is 0 Å². The number of nitrogen functional groups attached to an aromatic ring is 1. The molecule has 1 aromatic carbocycles. The molecular weight excluding hydrogens is 414 g/mol. The third-order valence-corrected chi connectivity index (χ3v) is 6.85. The van der Waals surface area contributed by atoms with Crippen molar-refractivity contribution in [1.82, 2.24) is 24.4 Å². The van der Waals surface area contributed by atoms with E-state index in [9.17, 15) is 4.79 Å². The van der Waals surface area contributed by atoms with Crippen molar-refractivity contribution >= 4 is 16.9 Å². The number of nitrogens with zero attached hydrogens (tertiary/aromatic N) is 4. The van der Waals surface area contributed by atoms with E-state index in [2.05, 4.69) is 33.7 Å². The van der Waals surface area contributed by atoms with Crippen molar-refractivity contribution in [3.63, 3.8) is 0 Å². The number of rotatable bonds is 9. The summed E-state index contributed by atoms with van der Waals surface area (Å²) in [6.45, 7) is 6.50. The summed E-state index contributed by atoms with van der Waals surface area (Å²) in [5.41, 5.74) is 8.02. The van der Waals surface area contributed by atoms with Gasteiger partial charge in [0.25, 0.3) is 5.56 Å². The van der Waals surface area contributed by atoms with Gasteiger partial charge in [0.2, 0.25) is 0 Å². The van der Waals surface area contributed by atoms with Crippen molar-refractivity contribution in [3.05, 3.63) is 58.0 Å². The first-order valence-corrected chi connectivity index (χ1v) is 12.1. The summed E-state index contributed by atoms with van der Waals surface area (Å²) in [6.07, 6.45) is 8.94. The van der Waals surface area contributed by atoms with Gasteiger partial charge in [-0.1, -0.05) is 25.0 Å². The second kappa shape index (κ2) is 10.3. The molecule has 1 fully saturated rings. The van der Waals surface area contributed by atoms with Crippen molar-refractivity contribution in [1.29, 1.82) is 5.41 Å². The zero-order valence-corrected chi connectivity index (χ0v) is 19.7. The predicted molar refractivity (Wildman–Crippen MR) is 132 cm³/mol. The minimum absolute atomic E-state index is 0.0762. The van der Waals surface area contributed by atoms with Gasteiger partial charge >= 0.3 is 0 Å². The largest absolute Gasteiger partial charge is 0.382 e. The smallest absolute Gasteiger partial charge is 0.273 e. The van der Waals surface area contributed by atoms with Gasteiger partial charge in [-0.05, 0) is 58.2 Å². The van der Waals surface area contributed by atoms with Gasteiger partial charge in [-0.3, -0.25) is 15.1 Å². The fourth-order valence-corrected chi connectivity index (χ4v) is 4.99. The molecule has 0 spiro atoms. The first-order valence-electron chi connectivity index (χ1n) is 12.1. The number of nitrogens with one attached hydrogen (secondary N) is 2. The molecule has 3 heterocycles. The van der Waals surface area contributed by atoms with E-state index < -0.39 is 0 Å². The first kappa shape index (κ1) is 23.2. The van der Waals surface area contributed by atoms with E-state index in [-0.39, 0.29) is 17.8 Å². The molecule has 4 rings (SSSR count). The number of fused-ring (bicyclic) bond motifs is 1. The molecule has 1 aliphatic rings. The van der Waals surface area contributed by atoms with Crippen LogP contribution in [0.4, 0.5) is 0 Å². The Morgan fingerprint density at radius 1 is 1.15 bits per heavy atom. The summed E-state index contributed by atoms with van der Waals surface area (Å²) in [7, 11) is 0. The molecule has 2 atom stereocenters. The molecule has 33 heavy (non-hydrogen) atoms. The Morgan fingerprint density at radius 3 is 2.61 bits per heavy atom. The van der Waals surface area contributed by atoms with E-state index in [1.165, 1.54) is 25.5 Å². The van der Waals surface area contributed by atoms with Gasteiger partial charge in [0.1, 0.15) is 23.0 Å². The maximum atomic E-state index is 13.3. The van der Waals surface area contributed by atoms with Crippen molar-refractivity contribution in [2.45, 2.75) is 77.4 Å². The van der Waals surface area contributed by atoms with Gasteiger partial charge in [-0.15, -0.1) is 0 Å². The van der Waals surface area contributed by atoms with Crippen LogP contribution in [0.15, 0.2) is 35.3 Å². The molecule has 0 amide bonds. The highest BCUT2D eigenvalue weighted by Crippen LogP contribution is 2.23. The molecule has 4 N–H and O–H groups in total. The van der Waals surface area contributed by atoms with Crippen LogP contribution in [-0.4, -0.2) is 48.9 Å². The molecule has 176 valence electrons. The molecular formula is C25H35N7O. The Labute approximate surface area is 194 Å². The average Bonchev–Trinajstić information content (AvgIpc) is 3.26. The minimum Gasteiger partial charge on any atom is -0.382 e. The van der Waals surface area contributed by atoms with Gasteiger partial charge in [-0.2, -0.15) is 0 Å². The Balaban J connectivity index is 1.45. The summed E-state index contributed by atoms with van der Waals surface area (Å²) in [5, 5.41) is 7.53. The van der Waals surface area contributed by atoms with Gasteiger partial charge in [0, 0.05) is 18.6 Å². The highest BCUT2D eigenvalue weighted by molar-refractivity contribution is 5.92. The maximum Gasteiger partial charge on any atom is 0.273 e. The lowest BCUT2D eigenvalue weighted by Crippen LogP contribution is -2.44. The summed E-state index contributed by atoms with van der Waals surface area (Å²) < 4.78 is 1.86. The van der Waals surface area contributed by atoms with Crippen LogP contribution in [0.5, 0.6) is 0 Å². The molecule has 0 bridgehead atoms. The van der Waals surface area contributed by atoms with Gasteiger partial charge in [-0.25, -0.2) is 9.97 Å². The number of unbranched alkanes of at least 4 members (excludes halogenated alkanes) is 2. The number of amidine groups is 1. The molecule has 8 heteroatoms. The molecule has 1 saturated heterocycles. The number of piperidine rings is 1. The Bertz CT molecular complexity index is 1160. The first-order chi connectivity index (χ1) is 15.9. The number of hydrogen-bond acceptors (Lipinski definition) is 5. The highest BCUT2D eigenvalue weighted by Gasteiger charge is 2.23. The second-order valence-electron chi connectivity index (χ2n) is 9.27. The number of aromatic nitrogens is 4. The number of likely N-dealkylation sites (tertiary alicyclic amines) is 1. The molecule has 0 saturated carbocycles. The van der Waals surface area contributed by atoms with E-state index in [4.69, 9.17) is 11.1 Å². The topological polar surface area (TPSA) is 117 Å². The van der Waals surface area contributed by atoms with Crippen LogP contribution in [0.2, 0.25) is 0 Å². The van der Waals surface area contributed by atoms with Crippen molar-refractivity contribution in [2.24, 2.45) is 5.73 Å². The summed E-state index contributed by atoms with van der Waals surface area (Å²) >= 11 is 0. The molecule has 8 nitrogen and oxygen atoms in total. The molecule has 2 aromatic heterocycles. The Hall–Kier alpha value is -3.00. The fraction of sp³-hybridized carbons (Fsp3) is 0.520. The zero-order valence-electron chi connectivity index (χ0n) is 19.7. The lowest BCUT2D eigenvalue weighted by molar-refractivity contribution is 0.101. The number of hydrogen-bond donors (Lipinski definition) is 3. The molecule has 0 radical (unpaired) electrons. The van der Waals surface area contributed by atoms with Crippen molar-refractivity contribution < 1.29 is 0 Å². The molecule has 1 aliphatic heterocycles. The van der Waals surface area contributed by atoms with Crippen molar-refractivity contribution in [3.8, 4) is 0 Å². The maximum absolute atomic E-state index is 13.3. The zero-order chi connectivity index (χ0) is 23.4. The van der Waals surface area contributed by atoms with Gasteiger partial charge in [0.05, 0.1) is 23.7 Å². The normalized spacial score (nSPS) is 19.2. The quantitative estimate of drug-likeness (QED) is 0.263. The van der Waals surface area contributed by atoms with E-state index in [0.29, 0.717) is 35.8 Å². The lowest BCUT2D eigenvalue weighted by Gasteiger charge is -2.39. The van der Waals surface area contributed by atoms with E-state index >= 15 is 0 Å². The number of imidazole rings is 1. The van der Waals surface area contributed by atoms with E-state index in [1.807, 2.05) is 28.8 Å². The number of aryl methyl sites for hydroxylation is 1. The standard InChI is InChI=1S/C25H35N7O/c1-17-9-8-10-18(2)31(17)13-6-3-7-14-32-22-12-5-4-11-19(22)29-20(25(32)33)15-23-28-16-21(30-23)24(26)27/h4-5,11-12,16-18H,3,6-10,13-15H2,1-2H3,(H3,26,27)(H,28,30)/t17-,18+. The molecule has 0 unspecified atom stereocenters. The third-order valence-electron chi connectivity index (χ3n) is 6.85. The highest BCUT2D eigenvalue weighted by atomic mass is 16.1. The minimum atomic E-state index is -0.0778. The Kier molecular flexibility index (Phi) is 7.23. The summed E-state index contributed by atoms with van der Waals surface area (Å²) in [4.78, 5) is 27.8. The Morgan fingerprint density at radius 2 is 1.88 bits per heavy atom. The SMILES string of the molecule is C[C@@H]1CCC[C@H](C)N1CCCCCn1c(=O)c(Cc2ncc(C(=N)N)[nH]2)nc2ccccc21. The number of benzene rings is 1. The summed E-state index contributed by atoms with van der Waals surface area (Å²) in [6, 6.07) is 9.14. The third kappa shape index (κ3) is 5.33. The van der Waals surface area contributed by atoms with Crippen LogP contribution in [0, 0.1) is 5.41 Å². The van der Waals surface area contributed by atoms with Crippen LogP contribution in [0.3, 0.4) is 0 Å². The van der Waals surface area contributed by atoms with Crippen molar-refractivity contribution in [2.75, 3.05) is 6.54 Å². The summed E-state index contributed by atoms with van der Waals surface area (Å²) in [5.74, 6) is 0.502. The second-order valence-corrected chi connectivity index (χ2v) is 9.27.